The van der Waals surface area contributed by atoms with Crippen molar-refractivity contribution in [3.05, 3.63) is 31.5 Å². The van der Waals surface area contributed by atoms with E-state index in [0.29, 0.717) is 30.4 Å². The van der Waals surface area contributed by atoms with Gasteiger partial charge in [0.1, 0.15) is 18.3 Å². The van der Waals surface area contributed by atoms with Crippen LogP contribution in [0.25, 0.3) is 0 Å². The van der Waals surface area contributed by atoms with Crippen molar-refractivity contribution in [2.45, 2.75) is 37.9 Å². The first-order chi connectivity index (χ1) is 14.3. The Hall–Kier alpha value is -0.870. The second-order valence-corrected chi connectivity index (χ2v) is 11.4. The number of ether oxygens (including phenoxy) is 3. The summed E-state index contributed by atoms with van der Waals surface area (Å²) in [6.07, 6.45) is -1.28. The Morgan fingerprint density at radius 2 is 0.900 bits per heavy atom. The van der Waals surface area contributed by atoms with Crippen LogP contribution in [0, 0.1) is 0 Å². The van der Waals surface area contributed by atoms with Crippen LogP contribution in [0.1, 0.15) is 0 Å². The normalized spacial score (nSPS) is 26.0. The molecule has 4 heterocycles. The fourth-order valence-corrected chi connectivity index (χ4v) is 6.25. The predicted octanol–water partition coefficient (Wildman–Crippen LogP) is 0.422. The molecular formula is C15H15N3O6S6. The third-order valence-corrected chi connectivity index (χ3v) is 8.45. The topological polar surface area (TPSA) is 93.7 Å². The van der Waals surface area contributed by atoms with Gasteiger partial charge in [-0.3, -0.25) is 0 Å². The summed E-state index contributed by atoms with van der Waals surface area (Å²) in [5, 5.41) is 0. The summed E-state index contributed by atoms with van der Waals surface area (Å²) in [4.78, 5) is 39.2. The Labute approximate surface area is 198 Å². The maximum Gasteiger partial charge on any atom is 0.336 e. The van der Waals surface area contributed by atoms with E-state index >= 15 is 0 Å². The van der Waals surface area contributed by atoms with Crippen molar-refractivity contribution in [3.8, 4) is 0 Å². The minimum Gasteiger partial charge on any atom is -0.472 e. The van der Waals surface area contributed by atoms with Crippen LogP contribution in [0.4, 0.5) is 0 Å². The van der Waals surface area contributed by atoms with E-state index in [1.54, 1.807) is 0 Å². The minimum atomic E-state index is -0.712. The zero-order chi connectivity index (χ0) is 21.4. The van der Waals surface area contributed by atoms with Crippen molar-refractivity contribution < 1.29 is 14.2 Å². The van der Waals surface area contributed by atoms with E-state index in [9.17, 15) is 14.4 Å². The number of rotatable bonds is 6. The molecule has 3 aliphatic heterocycles. The molecule has 0 N–H and O–H groups in total. The molecule has 0 radical (unpaired) electrons. The molecule has 1 aromatic heterocycles. The quantitative estimate of drug-likeness (QED) is 0.482. The molecule has 3 aliphatic rings. The van der Waals surface area contributed by atoms with Gasteiger partial charge in [0.2, 0.25) is 13.1 Å². The van der Waals surface area contributed by atoms with E-state index in [1.165, 1.54) is 35.3 Å². The van der Waals surface area contributed by atoms with Gasteiger partial charge in [-0.1, -0.05) is 35.3 Å². The lowest BCUT2D eigenvalue weighted by atomic mass is 10.3. The van der Waals surface area contributed by atoms with Gasteiger partial charge >= 0.3 is 17.1 Å². The second-order valence-electron chi connectivity index (χ2n) is 6.58. The average Bonchev–Trinajstić information content (AvgIpc) is 3.42. The Bertz CT molecular complexity index is 917. The van der Waals surface area contributed by atoms with Crippen LogP contribution >= 0.6 is 71.9 Å². The van der Waals surface area contributed by atoms with Gasteiger partial charge in [-0.2, -0.15) is 0 Å². The fraction of sp³-hybridized carbons (Fsp3) is 0.600. The van der Waals surface area contributed by atoms with E-state index in [-0.39, 0.29) is 19.6 Å². The van der Waals surface area contributed by atoms with E-state index in [1.807, 2.05) is 0 Å². The third kappa shape index (κ3) is 4.80. The summed E-state index contributed by atoms with van der Waals surface area (Å²) in [7, 11) is 0. The van der Waals surface area contributed by atoms with Crippen LogP contribution in [0.5, 0.6) is 0 Å². The average molecular weight is 526 g/mol. The highest BCUT2D eigenvalue weighted by Crippen LogP contribution is 2.22. The molecule has 4 rings (SSSR count). The Morgan fingerprint density at radius 3 is 1.10 bits per heavy atom. The fourth-order valence-electron chi connectivity index (χ4n) is 3.13. The standard InChI is InChI=1S/C15H15N3O6S6/c19-10-16(1-7-4-28-13(25)22-7)11(20)18(3-9-6-30-15(27)24-9)12(21)17(10)2-8-5-29-14(26)23-8/h7-9H,1-6H2. The summed E-state index contributed by atoms with van der Waals surface area (Å²) >= 11 is 19.1. The first-order valence-corrected chi connectivity index (χ1v) is 12.9. The number of thioether (sulfide) groups is 3. The van der Waals surface area contributed by atoms with Gasteiger partial charge in [-0.05, 0) is 36.7 Å². The summed E-state index contributed by atoms with van der Waals surface area (Å²) < 4.78 is 20.6. The van der Waals surface area contributed by atoms with Crippen molar-refractivity contribution in [3.63, 3.8) is 0 Å². The lowest BCUT2D eigenvalue weighted by Crippen LogP contribution is -2.57. The summed E-state index contributed by atoms with van der Waals surface area (Å²) in [5.74, 6) is 1.57. The SMILES string of the molecule is O=c1n(CC2CSC(=S)O2)c(=O)n(CC2CSC(=S)O2)c(=O)n1CC1CSC(=S)O1. The van der Waals surface area contributed by atoms with Crippen LogP contribution in [-0.2, 0) is 33.8 Å². The van der Waals surface area contributed by atoms with Gasteiger partial charge in [0.25, 0.3) is 0 Å². The number of nitrogens with zero attached hydrogens (tertiary/aromatic N) is 3. The molecule has 0 spiro atoms. The Morgan fingerprint density at radius 1 is 0.633 bits per heavy atom. The number of thiocarbonyl (C=S) groups is 3. The van der Waals surface area contributed by atoms with Crippen LogP contribution in [0.15, 0.2) is 14.4 Å². The van der Waals surface area contributed by atoms with Gasteiger partial charge in [0.05, 0.1) is 19.6 Å². The molecule has 0 saturated carbocycles. The molecule has 3 saturated heterocycles. The molecule has 3 fully saturated rings. The molecule has 9 nitrogen and oxygen atoms in total. The molecule has 162 valence electrons. The van der Waals surface area contributed by atoms with Crippen molar-refractivity contribution >= 4 is 85.1 Å². The minimum absolute atomic E-state index is 0.0115. The summed E-state index contributed by atoms with van der Waals surface area (Å²) in [5.41, 5.74) is -2.14. The highest BCUT2D eigenvalue weighted by atomic mass is 32.2. The lowest BCUT2D eigenvalue weighted by molar-refractivity contribution is 0.179. The van der Waals surface area contributed by atoms with Crippen LogP contribution in [-0.4, -0.2) is 62.4 Å². The highest BCUT2D eigenvalue weighted by Gasteiger charge is 2.30. The zero-order valence-corrected chi connectivity index (χ0v) is 20.1. The largest absolute Gasteiger partial charge is 0.472 e. The third-order valence-electron chi connectivity index (χ3n) is 4.49. The monoisotopic (exact) mass is 525 g/mol. The highest BCUT2D eigenvalue weighted by molar-refractivity contribution is 8.23. The molecule has 1 aromatic rings. The van der Waals surface area contributed by atoms with Gasteiger partial charge in [-0.15, -0.1) is 0 Å². The predicted molar refractivity (Wildman–Crippen MR) is 129 cm³/mol. The molecule has 0 aromatic carbocycles. The number of hydrogen-bond acceptors (Lipinski definition) is 12. The van der Waals surface area contributed by atoms with Gasteiger partial charge < -0.3 is 14.2 Å². The van der Waals surface area contributed by atoms with Gasteiger partial charge in [0, 0.05) is 17.3 Å². The number of hydrogen-bond donors (Lipinski definition) is 0. The van der Waals surface area contributed by atoms with E-state index in [0.717, 1.165) is 13.7 Å². The smallest absolute Gasteiger partial charge is 0.336 e. The molecule has 0 amide bonds. The molecule has 0 aliphatic carbocycles. The van der Waals surface area contributed by atoms with Crippen LogP contribution in [0.3, 0.4) is 0 Å². The van der Waals surface area contributed by atoms with E-state index < -0.39 is 35.4 Å². The summed E-state index contributed by atoms with van der Waals surface area (Å²) in [6, 6.07) is 0. The Kier molecular flexibility index (Phi) is 6.94. The van der Waals surface area contributed by atoms with Crippen molar-refractivity contribution in [1.82, 2.24) is 13.7 Å². The van der Waals surface area contributed by atoms with Crippen molar-refractivity contribution in [2.75, 3.05) is 17.3 Å². The lowest BCUT2D eigenvalue weighted by Gasteiger charge is -2.18. The van der Waals surface area contributed by atoms with Crippen molar-refractivity contribution in [2.24, 2.45) is 0 Å². The van der Waals surface area contributed by atoms with Crippen LogP contribution in [0.2, 0.25) is 0 Å². The molecule has 3 atom stereocenters. The van der Waals surface area contributed by atoms with Gasteiger partial charge in [0.15, 0.2) is 0 Å². The van der Waals surface area contributed by atoms with E-state index in [2.05, 4.69) is 0 Å². The molecule has 3 unspecified atom stereocenters. The number of aromatic nitrogens is 3. The van der Waals surface area contributed by atoms with Crippen molar-refractivity contribution in [1.29, 1.82) is 0 Å². The molecule has 30 heavy (non-hydrogen) atoms. The van der Waals surface area contributed by atoms with Gasteiger partial charge in [-0.25, -0.2) is 28.1 Å². The van der Waals surface area contributed by atoms with Crippen LogP contribution < -0.4 is 17.1 Å². The summed E-state index contributed by atoms with van der Waals surface area (Å²) in [6.45, 7) is -0.0344. The second kappa shape index (κ2) is 9.32. The molecule has 15 heteroatoms. The Balaban J connectivity index is 1.71. The molecular weight excluding hydrogens is 511 g/mol. The first kappa shape index (κ1) is 22.3. The zero-order valence-electron chi connectivity index (χ0n) is 15.2. The van der Waals surface area contributed by atoms with E-state index in [4.69, 9.17) is 50.9 Å². The molecule has 0 bridgehead atoms. The first-order valence-electron chi connectivity index (χ1n) is 8.76. The maximum atomic E-state index is 13.1. The maximum absolute atomic E-state index is 13.1.